The number of aliphatic hydroxyl groups is 1. The van der Waals surface area contributed by atoms with Gasteiger partial charge in [-0.1, -0.05) is 11.6 Å². The number of amides is 1. The summed E-state index contributed by atoms with van der Waals surface area (Å²) in [6, 6.07) is 0.130. The van der Waals surface area contributed by atoms with Crippen LogP contribution in [0, 0.1) is 17.8 Å². The molecule has 5 nitrogen and oxygen atoms in total. The Hall–Kier alpha value is -1.07. The van der Waals surface area contributed by atoms with Crippen molar-refractivity contribution in [2.75, 3.05) is 0 Å². The summed E-state index contributed by atoms with van der Waals surface area (Å²) in [5, 5.41) is 18.8. The highest BCUT2D eigenvalue weighted by atomic mass is 35.5. The first-order valence-corrected chi connectivity index (χ1v) is 9.81. The normalized spacial score (nSPS) is 37.2. The van der Waals surface area contributed by atoms with Crippen LogP contribution >= 0.6 is 11.6 Å². The molecular formula is C19H28ClN3O2. The molecular weight excluding hydrogens is 338 g/mol. The second-order valence-corrected chi connectivity index (χ2v) is 9.80. The van der Waals surface area contributed by atoms with Crippen LogP contribution in [-0.4, -0.2) is 32.4 Å². The maximum atomic E-state index is 12.8. The van der Waals surface area contributed by atoms with Gasteiger partial charge in [0.25, 0.3) is 5.91 Å². The molecule has 3 aliphatic carbocycles. The van der Waals surface area contributed by atoms with Crippen molar-refractivity contribution in [1.29, 1.82) is 0 Å². The molecule has 138 valence electrons. The molecule has 0 aliphatic heterocycles. The van der Waals surface area contributed by atoms with E-state index in [0.717, 1.165) is 32.1 Å². The van der Waals surface area contributed by atoms with Gasteiger partial charge in [0, 0.05) is 6.04 Å². The fourth-order valence-corrected chi connectivity index (χ4v) is 5.93. The zero-order valence-electron chi connectivity index (χ0n) is 15.3. The van der Waals surface area contributed by atoms with E-state index in [1.165, 1.54) is 6.42 Å². The van der Waals surface area contributed by atoms with Crippen molar-refractivity contribution < 1.29 is 9.90 Å². The van der Waals surface area contributed by atoms with Crippen LogP contribution in [0.25, 0.3) is 0 Å². The first kappa shape index (κ1) is 17.3. The highest BCUT2D eigenvalue weighted by molar-refractivity contribution is 6.32. The summed E-state index contributed by atoms with van der Waals surface area (Å²) in [6.45, 7) is 6.03. The Kier molecular flexibility index (Phi) is 3.97. The summed E-state index contributed by atoms with van der Waals surface area (Å²) in [5.74, 6) is 1.52. The van der Waals surface area contributed by atoms with Gasteiger partial charge < -0.3 is 10.4 Å². The van der Waals surface area contributed by atoms with E-state index in [4.69, 9.17) is 11.6 Å². The minimum atomic E-state index is -0.503. The zero-order chi connectivity index (χ0) is 18.0. The lowest BCUT2D eigenvalue weighted by atomic mass is 9.76. The van der Waals surface area contributed by atoms with E-state index >= 15 is 0 Å². The molecule has 6 heteroatoms. The van der Waals surface area contributed by atoms with Gasteiger partial charge >= 0.3 is 0 Å². The van der Waals surface area contributed by atoms with Gasteiger partial charge in [-0.25, -0.2) is 4.68 Å². The summed E-state index contributed by atoms with van der Waals surface area (Å²) < 4.78 is 1.69. The summed E-state index contributed by atoms with van der Waals surface area (Å²) in [5.41, 5.74) is -0.324. The number of hydrogen-bond donors (Lipinski definition) is 2. The smallest absolute Gasteiger partial charge is 0.256 e. The highest BCUT2D eigenvalue weighted by Crippen LogP contribution is 2.55. The second kappa shape index (κ2) is 5.71. The molecule has 25 heavy (non-hydrogen) atoms. The lowest BCUT2D eigenvalue weighted by Gasteiger charge is -2.35. The standard InChI is InChI=1S/C19H28ClN3O2/c1-18(2,3)23-16(20)14(10-21-23)17(24)22-15-4-5-19(25)8-11-6-12(9-19)13(15)7-11/h10-13,15,25H,4-9H2,1-3H3,(H,22,24)/t11?,12?,13?,15-,19-/m0/s1. The predicted octanol–water partition coefficient (Wildman–Crippen LogP) is 3.35. The summed E-state index contributed by atoms with van der Waals surface area (Å²) in [7, 11) is 0. The first-order valence-electron chi connectivity index (χ1n) is 9.43. The van der Waals surface area contributed by atoms with E-state index in [1.54, 1.807) is 10.9 Å². The predicted molar refractivity (Wildman–Crippen MR) is 96.6 cm³/mol. The molecule has 3 unspecified atom stereocenters. The van der Waals surface area contributed by atoms with E-state index in [2.05, 4.69) is 10.4 Å². The van der Waals surface area contributed by atoms with E-state index in [9.17, 15) is 9.90 Å². The van der Waals surface area contributed by atoms with Crippen LogP contribution in [0.2, 0.25) is 5.15 Å². The third-order valence-electron chi connectivity index (χ3n) is 6.50. The highest BCUT2D eigenvalue weighted by Gasteiger charge is 2.52. The molecule has 0 saturated heterocycles. The van der Waals surface area contributed by atoms with E-state index in [-0.39, 0.29) is 17.5 Å². The van der Waals surface area contributed by atoms with Gasteiger partial charge in [-0.2, -0.15) is 5.10 Å². The number of rotatable bonds is 2. The van der Waals surface area contributed by atoms with Crippen LogP contribution in [-0.2, 0) is 5.54 Å². The second-order valence-electron chi connectivity index (χ2n) is 9.44. The van der Waals surface area contributed by atoms with Crippen LogP contribution in [0.3, 0.4) is 0 Å². The molecule has 3 aliphatic rings. The van der Waals surface area contributed by atoms with Crippen LogP contribution in [0.4, 0.5) is 0 Å². The lowest BCUT2D eigenvalue weighted by Crippen LogP contribution is -2.41. The molecule has 0 radical (unpaired) electrons. The van der Waals surface area contributed by atoms with Crippen molar-refractivity contribution in [3.8, 4) is 0 Å². The Morgan fingerprint density at radius 2 is 2.16 bits per heavy atom. The van der Waals surface area contributed by atoms with Crippen molar-refractivity contribution in [2.24, 2.45) is 17.8 Å². The fraction of sp³-hybridized carbons (Fsp3) is 0.789. The molecule has 1 heterocycles. The number of nitrogens with zero attached hydrogens (tertiary/aromatic N) is 2. The van der Waals surface area contributed by atoms with Gasteiger partial charge in [0.05, 0.1) is 22.9 Å². The molecule has 1 aromatic rings. The van der Waals surface area contributed by atoms with E-state index in [1.807, 2.05) is 20.8 Å². The minimum absolute atomic E-state index is 0.130. The van der Waals surface area contributed by atoms with Crippen LogP contribution in [0.5, 0.6) is 0 Å². The van der Waals surface area contributed by atoms with Crippen molar-refractivity contribution in [2.45, 2.75) is 76.5 Å². The van der Waals surface area contributed by atoms with Crippen molar-refractivity contribution in [3.63, 3.8) is 0 Å². The number of nitrogens with one attached hydrogen (secondary N) is 1. The number of hydrogen-bond acceptors (Lipinski definition) is 3. The van der Waals surface area contributed by atoms with Crippen LogP contribution in [0.15, 0.2) is 6.20 Å². The SMILES string of the molecule is CC(C)(C)n1ncc(C(=O)N[C@H]2CC[C@]3(O)CC4CC(C3)C2C4)c1Cl. The average molecular weight is 366 g/mol. The van der Waals surface area contributed by atoms with Gasteiger partial charge in [0.1, 0.15) is 5.15 Å². The molecule has 2 N–H and O–H groups in total. The minimum Gasteiger partial charge on any atom is -0.390 e. The van der Waals surface area contributed by atoms with Crippen molar-refractivity contribution >= 4 is 17.5 Å². The van der Waals surface area contributed by atoms with Crippen LogP contribution in [0.1, 0.15) is 69.7 Å². The van der Waals surface area contributed by atoms with Gasteiger partial charge in [-0.15, -0.1) is 0 Å². The van der Waals surface area contributed by atoms with Crippen molar-refractivity contribution in [1.82, 2.24) is 15.1 Å². The van der Waals surface area contributed by atoms with Crippen molar-refractivity contribution in [3.05, 3.63) is 16.9 Å². The molecule has 0 aromatic carbocycles. The summed E-state index contributed by atoms with van der Waals surface area (Å²) in [6.07, 6.45) is 7.40. The van der Waals surface area contributed by atoms with Gasteiger partial charge in [0.2, 0.25) is 0 Å². The Labute approximate surface area is 154 Å². The third kappa shape index (κ3) is 2.99. The number of fused-ring (bicyclic) bond motifs is 2. The maximum Gasteiger partial charge on any atom is 0.256 e. The van der Waals surface area contributed by atoms with Gasteiger partial charge in [-0.05, 0) is 77.0 Å². The molecule has 3 saturated carbocycles. The van der Waals surface area contributed by atoms with E-state index in [0.29, 0.717) is 28.5 Å². The molecule has 4 rings (SSSR count). The summed E-state index contributed by atoms with van der Waals surface area (Å²) in [4.78, 5) is 12.8. The Balaban J connectivity index is 1.53. The van der Waals surface area contributed by atoms with E-state index < -0.39 is 5.60 Å². The number of carbonyl (C=O) groups excluding carboxylic acids is 1. The molecule has 3 fully saturated rings. The lowest BCUT2D eigenvalue weighted by molar-refractivity contribution is -0.0247. The fourth-order valence-electron chi connectivity index (χ4n) is 5.50. The monoisotopic (exact) mass is 365 g/mol. The first-order chi connectivity index (χ1) is 11.7. The van der Waals surface area contributed by atoms with Gasteiger partial charge in [-0.3, -0.25) is 4.79 Å². The Bertz CT molecular complexity index is 695. The molecule has 0 spiro atoms. The zero-order valence-corrected chi connectivity index (χ0v) is 16.0. The quantitative estimate of drug-likeness (QED) is 0.844. The van der Waals surface area contributed by atoms with Gasteiger partial charge in [0.15, 0.2) is 0 Å². The average Bonchev–Trinajstić information content (AvgIpc) is 3.00. The topological polar surface area (TPSA) is 67.2 Å². The molecule has 3 bridgehead atoms. The third-order valence-corrected chi connectivity index (χ3v) is 6.87. The number of carbonyl (C=O) groups is 1. The number of halogens is 1. The van der Waals surface area contributed by atoms with Crippen LogP contribution < -0.4 is 5.32 Å². The summed E-state index contributed by atoms with van der Waals surface area (Å²) >= 11 is 6.42. The maximum absolute atomic E-state index is 12.8. The Morgan fingerprint density at radius 1 is 1.40 bits per heavy atom. The molecule has 1 aromatic heterocycles. The largest absolute Gasteiger partial charge is 0.390 e. The number of aromatic nitrogens is 2. The Morgan fingerprint density at radius 3 is 2.84 bits per heavy atom. The molecule has 1 amide bonds. The molecule has 5 atom stereocenters.